The largest absolute Gasteiger partial charge is 0.381 e. The smallest absolute Gasteiger partial charge is 0.109 e. The van der Waals surface area contributed by atoms with Gasteiger partial charge in [-0.1, -0.05) is 61.0 Å². The average Bonchev–Trinajstić information content (AvgIpc) is 2.88. The molecule has 0 bridgehead atoms. The van der Waals surface area contributed by atoms with Gasteiger partial charge in [-0.15, -0.1) is 0 Å². The molecule has 2 aromatic carbocycles. The van der Waals surface area contributed by atoms with Gasteiger partial charge < -0.3 is 21.4 Å². The molecule has 0 aromatic heterocycles. The average molecular weight is 531 g/mol. The monoisotopic (exact) mass is 530 g/mol. The summed E-state index contributed by atoms with van der Waals surface area (Å²) in [6.45, 7) is 19.3. The van der Waals surface area contributed by atoms with E-state index in [-0.39, 0.29) is 0 Å². The van der Waals surface area contributed by atoms with Gasteiger partial charge in [0, 0.05) is 46.9 Å². The van der Waals surface area contributed by atoms with Crippen LogP contribution in [0.4, 0.5) is 5.69 Å². The van der Waals surface area contributed by atoms with E-state index in [4.69, 9.17) is 22.0 Å². The number of aryl methyl sites for hydroxylation is 2. The lowest BCUT2D eigenvalue weighted by molar-refractivity contribution is 0.738. The molecule has 1 heterocycles. The van der Waals surface area contributed by atoms with E-state index in [0.29, 0.717) is 29.9 Å². The molecule has 38 heavy (non-hydrogen) atoms. The van der Waals surface area contributed by atoms with Crippen LogP contribution in [-0.2, 0) is 0 Å². The van der Waals surface area contributed by atoms with Gasteiger partial charge in [-0.2, -0.15) is 0 Å². The number of anilines is 1. The van der Waals surface area contributed by atoms with Crippen LogP contribution in [0.2, 0.25) is 5.02 Å². The van der Waals surface area contributed by atoms with Crippen molar-refractivity contribution in [1.29, 1.82) is 5.41 Å². The molecule has 2 aromatic rings. The van der Waals surface area contributed by atoms with Crippen LogP contribution in [0.1, 0.15) is 61.4 Å². The first-order chi connectivity index (χ1) is 18.2. The summed E-state index contributed by atoms with van der Waals surface area (Å²) in [5, 5.41) is 18.5. The first kappa shape index (κ1) is 28.9. The van der Waals surface area contributed by atoms with Gasteiger partial charge in [0.25, 0.3) is 0 Å². The normalized spacial score (nSPS) is 17.6. The molecule has 0 radical (unpaired) electrons. The minimum atomic E-state index is -0.430. The molecule has 7 heteroatoms. The van der Waals surface area contributed by atoms with Crippen LogP contribution in [0.3, 0.4) is 0 Å². The van der Waals surface area contributed by atoms with Gasteiger partial charge in [-0.3, -0.25) is 9.98 Å². The maximum Gasteiger partial charge on any atom is 0.109 e. The number of rotatable bonds is 11. The standard InChI is InChI=1S/C31H39ClN6/c1-8-24(16-33)17-35-22(5)30(31(34-7)25-11-9-20(3)14-27(25)32)23(6)36-18-37-29-15-21(4)26-13-19(2)10-12-28(26)38-29/h8-14,16,21,31,33,35-36H,5,7,15,17-18H2,1-4,6H3,(H,37,38)/b24-8+,30-23-,33-16?. The number of aliphatic imine (C=N–C) groups is 2. The van der Waals surface area contributed by atoms with Gasteiger partial charge in [0.1, 0.15) is 18.5 Å². The fraction of sp³-hybridized carbons (Fsp3) is 0.323. The van der Waals surface area contributed by atoms with E-state index in [0.717, 1.165) is 45.9 Å². The number of nitrogens with zero attached hydrogens (tertiary/aromatic N) is 2. The van der Waals surface area contributed by atoms with E-state index >= 15 is 0 Å². The van der Waals surface area contributed by atoms with Crippen molar-refractivity contribution >= 4 is 36.1 Å². The van der Waals surface area contributed by atoms with Crippen LogP contribution in [-0.4, -0.2) is 32.0 Å². The predicted molar refractivity (Wildman–Crippen MR) is 164 cm³/mol. The van der Waals surface area contributed by atoms with E-state index in [1.54, 1.807) is 0 Å². The summed E-state index contributed by atoms with van der Waals surface area (Å²) < 4.78 is 0. The molecule has 2 unspecified atom stereocenters. The van der Waals surface area contributed by atoms with Crippen molar-refractivity contribution in [1.82, 2.24) is 10.6 Å². The Morgan fingerprint density at radius 2 is 1.92 bits per heavy atom. The first-order valence-corrected chi connectivity index (χ1v) is 13.2. The molecule has 1 aliphatic rings. The van der Waals surface area contributed by atoms with Crippen molar-refractivity contribution in [3.63, 3.8) is 0 Å². The number of allylic oxidation sites excluding steroid dienone is 2. The van der Waals surface area contributed by atoms with E-state index in [1.165, 1.54) is 17.3 Å². The van der Waals surface area contributed by atoms with Crippen molar-refractivity contribution in [3.05, 3.63) is 98.9 Å². The lowest BCUT2D eigenvalue weighted by Gasteiger charge is -2.26. The Labute approximate surface area is 232 Å². The van der Waals surface area contributed by atoms with Gasteiger partial charge in [-0.25, -0.2) is 0 Å². The molecule has 6 nitrogen and oxygen atoms in total. The van der Waals surface area contributed by atoms with Crippen LogP contribution < -0.4 is 16.0 Å². The SMILES string of the molecule is C=NC(/C(C(=C)NC/C(C=N)=C/C)=C(/C)NC/N=C1/CC(C)c2cc(C)ccc2N1)c1ccc(C)cc1Cl. The van der Waals surface area contributed by atoms with E-state index in [9.17, 15) is 0 Å². The Balaban J connectivity index is 1.88. The summed E-state index contributed by atoms with van der Waals surface area (Å²) in [6, 6.07) is 12.0. The molecule has 3 rings (SSSR count). The second-order valence-electron chi connectivity index (χ2n) is 9.75. The van der Waals surface area contributed by atoms with E-state index in [1.807, 2.05) is 45.0 Å². The van der Waals surface area contributed by atoms with Crippen molar-refractivity contribution in [2.45, 2.75) is 53.0 Å². The lowest BCUT2D eigenvalue weighted by atomic mass is 9.91. The summed E-state index contributed by atoms with van der Waals surface area (Å²) in [6.07, 6.45) is 4.09. The summed E-state index contributed by atoms with van der Waals surface area (Å²) in [5.41, 5.74) is 8.90. The molecule has 200 valence electrons. The molecule has 0 saturated carbocycles. The Kier molecular flexibility index (Phi) is 10.1. The molecule has 4 N–H and O–H groups in total. The maximum absolute atomic E-state index is 7.60. The number of hydrogen-bond acceptors (Lipinski definition) is 5. The summed E-state index contributed by atoms with van der Waals surface area (Å²) in [4.78, 5) is 9.28. The van der Waals surface area contributed by atoms with Crippen LogP contribution in [0, 0.1) is 19.3 Å². The third-order valence-electron chi connectivity index (χ3n) is 6.83. The molecular formula is C31H39ClN6. The minimum Gasteiger partial charge on any atom is -0.381 e. The Bertz CT molecular complexity index is 1300. The molecule has 2 atom stereocenters. The highest BCUT2D eigenvalue weighted by molar-refractivity contribution is 6.31. The molecule has 0 saturated heterocycles. The van der Waals surface area contributed by atoms with E-state index < -0.39 is 6.04 Å². The van der Waals surface area contributed by atoms with Gasteiger partial charge >= 0.3 is 0 Å². The van der Waals surface area contributed by atoms with Crippen molar-refractivity contribution < 1.29 is 0 Å². The first-order valence-electron chi connectivity index (χ1n) is 12.8. The number of fused-ring (bicyclic) bond motifs is 1. The Hall–Kier alpha value is -3.64. The van der Waals surface area contributed by atoms with Crippen LogP contribution in [0.25, 0.3) is 0 Å². The zero-order valence-corrected chi connectivity index (χ0v) is 23.8. The fourth-order valence-electron chi connectivity index (χ4n) is 4.60. The second kappa shape index (κ2) is 13.2. The summed E-state index contributed by atoms with van der Waals surface area (Å²) in [7, 11) is 0. The number of hydrogen-bond donors (Lipinski definition) is 4. The van der Waals surface area contributed by atoms with Gasteiger partial charge in [0.15, 0.2) is 0 Å². The van der Waals surface area contributed by atoms with Gasteiger partial charge in [-0.05, 0) is 74.7 Å². The molecule has 0 aliphatic carbocycles. The number of nitrogens with one attached hydrogen (secondary N) is 4. The van der Waals surface area contributed by atoms with Crippen molar-refractivity contribution in [2.24, 2.45) is 9.98 Å². The number of amidine groups is 1. The van der Waals surface area contributed by atoms with Crippen molar-refractivity contribution in [2.75, 3.05) is 18.5 Å². The van der Waals surface area contributed by atoms with Crippen LogP contribution in [0.15, 0.2) is 81.6 Å². The van der Waals surface area contributed by atoms with Crippen LogP contribution >= 0.6 is 11.6 Å². The van der Waals surface area contributed by atoms with Crippen molar-refractivity contribution in [3.8, 4) is 0 Å². The lowest BCUT2D eigenvalue weighted by Crippen LogP contribution is -2.26. The Morgan fingerprint density at radius 1 is 1.21 bits per heavy atom. The maximum atomic E-state index is 7.60. The third kappa shape index (κ3) is 7.01. The zero-order valence-electron chi connectivity index (χ0n) is 23.1. The molecule has 0 amide bonds. The fourth-order valence-corrected chi connectivity index (χ4v) is 4.94. The predicted octanol–water partition coefficient (Wildman–Crippen LogP) is 7.24. The highest BCUT2D eigenvalue weighted by atomic mass is 35.5. The molecular weight excluding hydrogens is 492 g/mol. The molecule has 0 spiro atoms. The third-order valence-corrected chi connectivity index (χ3v) is 7.16. The second-order valence-corrected chi connectivity index (χ2v) is 10.2. The highest BCUT2D eigenvalue weighted by Gasteiger charge is 2.23. The zero-order chi connectivity index (χ0) is 27.8. The number of halogens is 1. The highest BCUT2D eigenvalue weighted by Crippen LogP contribution is 2.36. The van der Waals surface area contributed by atoms with Crippen LogP contribution in [0.5, 0.6) is 0 Å². The Morgan fingerprint density at radius 3 is 2.58 bits per heavy atom. The minimum absolute atomic E-state index is 0.394. The van der Waals surface area contributed by atoms with Gasteiger partial charge in [0.05, 0.1) is 0 Å². The number of benzene rings is 2. The molecule has 0 fully saturated rings. The quantitative estimate of drug-likeness (QED) is 0.182. The molecule has 1 aliphatic heterocycles. The summed E-state index contributed by atoms with van der Waals surface area (Å²) in [5.74, 6) is 1.35. The summed E-state index contributed by atoms with van der Waals surface area (Å²) >= 11 is 6.65. The van der Waals surface area contributed by atoms with E-state index in [2.05, 4.69) is 66.3 Å². The topological polar surface area (TPSA) is 84.7 Å². The van der Waals surface area contributed by atoms with Gasteiger partial charge in [0.2, 0.25) is 0 Å².